The van der Waals surface area contributed by atoms with Gasteiger partial charge in [0, 0.05) is 30.7 Å². The van der Waals surface area contributed by atoms with Crippen molar-refractivity contribution < 1.29 is 19.0 Å². The Morgan fingerprint density at radius 2 is 1.90 bits per heavy atom. The number of hydrogen-bond donors (Lipinski definition) is 1. The second kappa shape index (κ2) is 8.94. The van der Waals surface area contributed by atoms with Crippen LogP contribution in [-0.2, 0) is 4.74 Å². The Kier molecular flexibility index (Phi) is 5.71. The number of aromatic nitrogens is 1. The molecule has 3 aromatic rings. The van der Waals surface area contributed by atoms with Gasteiger partial charge in [0.05, 0.1) is 16.8 Å². The predicted molar refractivity (Wildman–Crippen MR) is 119 cm³/mol. The lowest BCUT2D eigenvalue weighted by molar-refractivity contribution is 0.0939. The normalized spacial score (nSPS) is 15.1. The number of hydrogen-bond acceptors (Lipinski definition) is 5. The van der Waals surface area contributed by atoms with Crippen LogP contribution in [0, 0.1) is 5.92 Å². The standard InChI is InChI=1S/C25H26N2O4/c28-25(26-10-3-11-29-16-17-6-7-17)20-15-22(27-21-5-2-1-4-19(20)21)18-8-9-23-24(14-18)31-13-12-30-23/h1-2,4-5,8-9,14-15,17H,3,6-7,10-13,16H2,(H,26,28). The van der Waals surface area contributed by atoms with E-state index in [0.29, 0.717) is 37.7 Å². The van der Waals surface area contributed by atoms with E-state index in [4.69, 9.17) is 19.2 Å². The summed E-state index contributed by atoms with van der Waals surface area (Å²) >= 11 is 0. The highest BCUT2D eigenvalue weighted by molar-refractivity contribution is 6.07. The lowest BCUT2D eigenvalue weighted by Gasteiger charge is -2.19. The molecule has 6 heteroatoms. The summed E-state index contributed by atoms with van der Waals surface area (Å²) in [5.41, 5.74) is 3.02. The summed E-state index contributed by atoms with van der Waals surface area (Å²) in [5.74, 6) is 2.10. The van der Waals surface area contributed by atoms with E-state index in [-0.39, 0.29) is 5.91 Å². The van der Waals surface area contributed by atoms with Gasteiger partial charge in [0.1, 0.15) is 13.2 Å². The zero-order chi connectivity index (χ0) is 21.0. The van der Waals surface area contributed by atoms with Gasteiger partial charge >= 0.3 is 0 Å². The van der Waals surface area contributed by atoms with Crippen molar-refractivity contribution in [3.8, 4) is 22.8 Å². The third kappa shape index (κ3) is 4.64. The van der Waals surface area contributed by atoms with E-state index in [9.17, 15) is 4.79 Å². The van der Waals surface area contributed by atoms with Gasteiger partial charge in [0.15, 0.2) is 11.5 Å². The van der Waals surface area contributed by atoms with Gasteiger partial charge in [-0.1, -0.05) is 18.2 Å². The number of amides is 1. The first-order chi connectivity index (χ1) is 15.3. The quantitative estimate of drug-likeness (QED) is 0.555. The third-order valence-corrected chi connectivity index (χ3v) is 5.60. The fourth-order valence-corrected chi connectivity index (χ4v) is 3.72. The smallest absolute Gasteiger partial charge is 0.252 e. The minimum atomic E-state index is -0.0976. The number of nitrogens with zero attached hydrogens (tertiary/aromatic N) is 1. The number of ether oxygens (including phenoxy) is 3. The van der Waals surface area contributed by atoms with Crippen LogP contribution in [0.3, 0.4) is 0 Å². The summed E-state index contributed by atoms with van der Waals surface area (Å²) in [4.78, 5) is 17.8. The van der Waals surface area contributed by atoms with Crippen LogP contribution < -0.4 is 14.8 Å². The summed E-state index contributed by atoms with van der Waals surface area (Å²) in [6, 6.07) is 15.3. The molecule has 1 fully saturated rings. The first-order valence-corrected chi connectivity index (χ1v) is 10.9. The summed E-state index contributed by atoms with van der Waals surface area (Å²) in [6.45, 7) is 3.19. The van der Waals surface area contributed by atoms with Crippen molar-refractivity contribution in [2.24, 2.45) is 5.92 Å². The molecule has 1 saturated carbocycles. The highest BCUT2D eigenvalue weighted by Gasteiger charge is 2.21. The molecule has 0 unspecified atom stereocenters. The van der Waals surface area contributed by atoms with E-state index >= 15 is 0 Å². The molecule has 1 aliphatic heterocycles. The Morgan fingerprint density at radius 1 is 1.06 bits per heavy atom. The number of benzene rings is 2. The zero-order valence-electron chi connectivity index (χ0n) is 17.4. The number of carbonyl (C=O) groups excluding carboxylic acids is 1. The number of pyridine rings is 1. The summed E-state index contributed by atoms with van der Waals surface area (Å²) < 4.78 is 17.0. The Labute approximate surface area is 181 Å². The molecule has 160 valence electrons. The lowest BCUT2D eigenvalue weighted by Crippen LogP contribution is -2.25. The lowest BCUT2D eigenvalue weighted by atomic mass is 10.0. The molecule has 0 spiro atoms. The van der Waals surface area contributed by atoms with Crippen LogP contribution >= 0.6 is 0 Å². The Bertz CT molecular complexity index is 1090. The van der Waals surface area contributed by atoms with Gasteiger partial charge in [0.25, 0.3) is 5.91 Å². The maximum absolute atomic E-state index is 13.0. The highest BCUT2D eigenvalue weighted by atomic mass is 16.6. The van der Waals surface area contributed by atoms with Gasteiger partial charge in [-0.15, -0.1) is 0 Å². The van der Waals surface area contributed by atoms with Crippen molar-refractivity contribution in [2.75, 3.05) is 33.0 Å². The predicted octanol–water partition coefficient (Wildman–Crippen LogP) is 4.22. The number of fused-ring (bicyclic) bond motifs is 2. The van der Waals surface area contributed by atoms with Gasteiger partial charge < -0.3 is 19.5 Å². The van der Waals surface area contributed by atoms with E-state index in [2.05, 4.69) is 5.32 Å². The van der Waals surface area contributed by atoms with E-state index in [1.807, 2.05) is 48.5 Å². The third-order valence-electron chi connectivity index (χ3n) is 5.60. The molecular weight excluding hydrogens is 392 g/mol. The van der Waals surface area contributed by atoms with Crippen LogP contribution in [0.15, 0.2) is 48.5 Å². The largest absolute Gasteiger partial charge is 0.486 e. The van der Waals surface area contributed by atoms with Crippen LogP contribution in [0.2, 0.25) is 0 Å². The minimum Gasteiger partial charge on any atom is -0.486 e. The second-order valence-corrected chi connectivity index (χ2v) is 8.06. The highest BCUT2D eigenvalue weighted by Crippen LogP contribution is 2.35. The number of nitrogens with one attached hydrogen (secondary N) is 1. The maximum Gasteiger partial charge on any atom is 0.252 e. The van der Waals surface area contributed by atoms with E-state index in [1.165, 1.54) is 12.8 Å². The zero-order valence-corrected chi connectivity index (χ0v) is 17.4. The van der Waals surface area contributed by atoms with Gasteiger partial charge in [-0.05, 0) is 55.5 Å². The Hall–Kier alpha value is -3.12. The van der Waals surface area contributed by atoms with Crippen LogP contribution in [0.25, 0.3) is 22.2 Å². The molecule has 31 heavy (non-hydrogen) atoms. The van der Waals surface area contributed by atoms with Crippen LogP contribution in [-0.4, -0.2) is 43.9 Å². The molecule has 6 nitrogen and oxygen atoms in total. The van der Waals surface area contributed by atoms with Crippen molar-refractivity contribution >= 4 is 16.8 Å². The molecule has 0 saturated heterocycles. The topological polar surface area (TPSA) is 69.7 Å². The first-order valence-electron chi connectivity index (χ1n) is 10.9. The first kappa shape index (κ1) is 19.8. The van der Waals surface area contributed by atoms with Gasteiger partial charge in [-0.3, -0.25) is 4.79 Å². The van der Waals surface area contributed by atoms with E-state index in [0.717, 1.165) is 46.9 Å². The SMILES string of the molecule is O=C(NCCCOCC1CC1)c1cc(-c2ccc3c(c2)OCCO3)nc2ccccc12. The summed E-state index contributed by atoms with van der Waals surface area (Å²) in [7, 11) is 0. The average molecular weight is 418 g/mol. The van der Waals surface area contributed by atoms with E-state index in [1.54, 1.807) is 0 Å². The van der Waals surface area contributed by atoms with Crippen LogP contribution in [0.1, 0.15) is 29.6 Å². The molecule has 0 radical (unpaired) electrons. The van der Waals surface area contributed by atoms with Gasteiger partial charge in [0.2, 0.25) is 0 Å². The molecule has 5 rings (SSSR count). The molecule has 2 aliphatic rings. The monoisotopic (exact) mass is 418 g/mol. The van der Waals surface area contributed by atoms with Crippen molar-refractivity contribution in [1.29, 1.82) is 0 Å². The van der Waals surface area contributed by atoms with Crippen molar-refractivity contribution in [1.82, 2.24) is 10.3 Å². The summed E-state index contributed by atoms with van der Waals surface area (Å²) in [6.07, 6.45) is 3.38. The molecular formula is C25H26N2O4. The second-order valence-electron chi connectivity index (χ2n) is 8.06. The van der Waals surface area contributed by atoms with Crippen molar-refractivity contribution in [2.45, 2.75) is 19.3 Å². The molecule has 0 bridgehead atoms. The van der Waals surface area contributed by atoms with Crippen molar-refractivity contribution in [3.63, 3.8) is 0 Å². The Morgan fingerprint density at radius 3 is 2.77 bits per heavy atom. The number of rotatable bonds is 8. The fraction of sp³-hybridized carbons (Fsp3) is 0.360. The minimum absolute atomic E-state index is 0.0976. The molecule has 2 heterocycles. The van der Waals surface area contributed by atoms with E-state index < -0.39 is 0 Å². The molecule has 1 aromatic heterocycles. The molecule has 1 aliphatic carbocycles. The number of carbonyl (C=O) groups is 1. The van der Waals surface area contributed by atoms with Crippen molar-refractivity contribution in [3.05, 3.63) is 54.1 Å². The maximum atomic E-state index is 13.0. The fourth-order valence-electron chi connectivity index (χ4n) is 3.72. The van der Waals surface area contributed by atoms with Crippen LogP contribution in [0.4, 0.5) is 0 Å². The van der Waals surface area contributed by atoms with Gasteiger partial charge in [-0.2, -0.15) is 0 Å². The molecule has 0 atom stereocenters. The number of para-hydroxylation sites is 1. The molecule has 2 aromatic carbocycles. The van der Waals surface area contributed by atoms with Gasteiger partial charge in [-0.25, -0.2) is 4.98 Å². The molecule has 1 N–H and O–H groups in total. The Balaban J connectivity index is 1.35. The average Bonchev–Trinajstić information content (AvgIpc) is 3.64. The van der Waals surface area contributed by atoms with Crippen LogP contribution in [0.5, 0.6) is 11.5 Å². The summed E-state index contributed by atoms with van der Waals surface area (Å²) in [5, 5.41) is 3.87. The molecule has 1 amide bonds.